The van der Waals surface area contributed by atoms with Crippen LogP contribution in [-0.2, 0) is 16.4 Å². The minimum Gasteiger partial charge on any atom is -0.358 e. The maximum absolute atomic E-state index is 12.8. The Morgan fingerprint density at radius 1 is 1.00 bits per heavy atom. The molecule has 8 heteroatoms. The van der Waals surface area contributed by atoms with Gasteiger partial charge in [0.05, 0.1) is 4.90 Å². The summed E-state index contributed by atoms with van der Waals surface area (Å²) in [5, 5.41) is 4.16. The second-order valence-corrected chi connectivity index (χ2v) is 9.90. The molecule has 2 heterocycles. The van der Waals surface area contributed by atoms with Crippen molar-refractivity contribution in [3.63, 3.8) is 0 Å². The van der Waals surface area contributed by atoms with Crippen molar-refractivity contribution in [3.05, 3.63) is 65.4 Å². The number of hydrogen-bond donors (Lipinski definition) is 2. The van der Waals surface area contributed by atoms with E-state index in [1.165, 1.54) is 15.3 Å². The van der Waals surface area contributed by atoms with Crippen LogP contribution in [0.25, 0.3) is 10.9 Å². The topological polar surface area (TPSA) is 85.5 Å². The Morgan fingerprint density at radius 3 is 2.39 bits per heavy atom. The molecule has 1 aliphatic heterocycles. The number of nitrogens with one attached hydrogen (secondary N) is 2. The summed E-state index contributed by atoms with van der Waals surface area (Å²) in [6.07, 6.45) is 0.739. The van der Waals surface area contributed by atoms with Crippen LogP contribution in [0.3, 0.4) is 0 Å². The molecule has 2 aromatic carbocycles. The molecule has 1 saturated heterocycles. The van der Waals surface area contributed by atoms with Crippen LogP contribution >= 0.6 is 0 Å². The molecule has 0 radical (unpaired) electrons. The van der Waals surface area contributed by atoms with Gasteiger partial charge in [0.15, 0.2) is 0 Å². The van der Waals surface area contributed by atoms with Gasteiger partial charge in [0.25, 0.3) is 0 Å². The van der Waals surface area contributed by atoms with Crippen molar-refractivity contribution >= 4 is 27.0 Å². The number of nitrogens with zero attached hydrogens (tertiary/aromatic N) is 2. The highest BCUT2D eigenvalue weighted by Crippen LogP contribution is 2.22. The number of para-hydroxylation sites is 1. The third-order valence-electron chi connectivity index (χ3n) is 5.86. The molecule has 31 heavy (non-hydrogen) atoms. The zero-order chi connectivity index (χ0) is 22.0. The molecule has 0 saturated carbocycles. The average molecular weight is 441 g/mol. The van der Waals surface area contributed by atoms with Gasteiger partial charge in [-0.25, -0.2) is 13.2 Å². The summed E-state index contributed by atoms with van der Waals surface area (Å²) in [6.45, 7) is 5.85. The van der Waals surface area contributed by atoms with E-state index in [9.17, 15) is 13.2 Å². The third-order valence-corrected chi connectivity index (χ3v) is 7.78. The molecule has 1 aromatic heterocycles. The fraction of sp³-hybridized carbons (Fsp3) is 0.348. The first-order chi connectivity index (χ1) is 14.9. The lowest BCUT2D eigenvalue weighted by atomic mass is 10.1. The number of rotatable bonds is 5. The number of fused-ring (bicyclic) bond motifs is 1. The van der Waals surface area contributed by atoms with Crippen molar-refractivity contribution < 1.29 is 13.2 Å². The molecule has 7 nitrogen and oxygen atoms in total. The molecule has 2 N–H and O–H groups in total. The number of sulfonamides is 1. The summed E-state index contributed by atoms with van der Waals surface area (Å²) < 4.78 is 27.1. The average Bonchev–Trinajstić information content (AvgIpc) is 3.09. The van der Waals surface area contributed by atoms with Crippen molar-refractivity contribution in [1.82, 2.24) is 19.5 Å². The molecule has 4 rings (SSSR count). The number of aryl methyl sites for hydroxylation is 2. The minimum atomic E-state index is -3.53. The van der Waals surface area contributed by atoms with Crippen molar-refractivity contribution in [2.75, 3.05) is 32.7 Å². The first kappa shape index (κ1) is 21.4. The summed E-state index contributed by atoms with van der Waals surface area (Å²) in [7, 11) is -3.53. The molecule has 0 atom stereocenters. The minimum absolute atomic E-state index is 0.148. The molecule has 1 aliphatic rings. The Hall–Kier alpha value is -2.84. The fourth-order valence-corrected chi connectivity index (χ4v) is 5.48. The van der Waals surface area contributed by atoms with Crippen LogP contribution in [0.5, 0.6) is 0 Å². The van der Waals surface area contributed by atoms with Crippen LogP contribution in [0, 0.1) is 13.8 Å². The van der Waals surface area contributed by atoms with Crippen molar-refractivity contribution in [2.24, 2.45) is 0 Å². The summed E-state index contributed by atoms with van der Waals surface area (Å²) in [4.78, 5) is 17.9. The summed E-state index contributed by atoms with van der Waals surface area (Å²) in [5.41, 5.74) is 4.45. The van der Waals surface area contributed by atoms with Crippen LogP contribution < -0.4 is 5.32 Å². The maximum Gasteiger partial charge on any atom is 0.317 e. The lowest BCUT2D eigenvalue weighted by Gasteiger charge is -2.34. The van der Waals surface area contributed by atoms with E-state index in [1.807, 2.05) is 26.0 Å². The van der Waals surface area contributed by atoms with Gasteiger partial charge in [-0.15, -0.1) is 0 Å². The molecular formula is C23H28N4O3S. The number of carbonyl (C=O) groups is 1. The molecule has 0 spiro atoms. The number of piperazine rings is 1. The predicted molar refractivity (Wildman–Crippen MR) is 122 cm³/mol. The highest BCUT2D eigenvalue weighted by Gasteiger charge is 2.30. The van der Waals surface area contributed by atoms with Gasteiger partial charge in [-0.05, 0) is 44.0 Å². The Balaban J connectivity index is 1.30. The van der Waals surface area contributed by atoms with Crippen LogP contribution in [0.4, 0.5) is 4.79 Å². The van der Waals surface area contributed by atoms with E-state index in [4.69, 9.17) is 0 Å². The number of aromatic nitrogens is 1. The highest BCUT2D eigenvalue weighted by molar-refractivity contribution is 7.89. The summed E-state index contributed by atoms with van der Waals surface area (Å²) >= 11 is 0. The van der Waals surface area contributed by atoms with Crippen LogP contribution in [0.15, 0.2) is 53.4 Å². The van der Waals surface area contributed by atoms with Crippen molar-refractivity contribution in [3.8, 4) is 0 Å². The number of benzene rings is 2. The van der Waals surface area contributed by atoms with E-state index in [1.54, 1.807) is 29.2 Å². The van der Waals surface area contributed by atoms with Crippen LogP contribution in [0.1, 0.15) is 16.8 Å². The lowest BCUT2D eigenvalue weighted by Crippen LogP contribution is -2.53. The predicted octanol–water partition coefficient (Wildman–Crippen LogP) is 3.04. The number of amides is 2. The van der Waals surface area contributed by atoms with E-state index in [0.717, 1.165) is 23.2 Å². The van der Waals surface area contributed by atoms with E-state index < -0.39 is 10.0 Å². The summed E-state index contributed by atoms with van der Waals surface area (Å²) in [6, 6.07) is 14.9. The van der Waals surface area contributed by atoms with E-state index in [2.05, 4.69) is 22.4 Å². The largest absolute Gasteiger partial charge is 0.358 e. The van der Waals surface area contributed by atoms with Gasteiger partial charge in [-0.1, -0.05) is 35.9 Å². The van der Waals surface area contributed by atoms with Gasteiger partial charge in [0.2, 0.25) is 10.0 Å². The van der Waals surface area contributed by atoms with Gasteiger partial charge in [-0.3, -0.25) is 0 Å². The Labute approximate surface area is 183 Å². The standard InChI is InChI=1S/C23H28N4O3S/c1-17-7-9-19(10-8-17)31(29,30)27-15-13-26(14-16-27)23(28)24-12-11-20-18(2)25-22-6-4-3-5-21(20)22/h3-10,25H,11-16H2,1-2H3,(H,24,28). The fourth-order valence-electron chi connectivity index (χ4n) is 4.05. The van der Waals surface area contributed by atoms with Crippen LogP contribution in [-0.4, -0.2) is 61.4 Å². The Morgan fingerprint density at radius 2 is 1.68 bits per heavy atom. The number of urea groups is 1. The summed E-state index contributed by atoms with van der Waals surface area (Å²) in [5.74, 6) is 0. The molecule has 164 valence electrons. The molecule has 3 aromatic rings. The van der Waals surface area contributed by atoms with E-state index in [-0.39, 0.29) is 6.03 Å². The smallest absolute Gasteiger partial charge is 0.317 e. The monoisotopic (exact) mass is 440 g/mol. The molecule has 0 unspecified atom stereocenters. The quantitative estimate of drug-likeness (QED) is 0.639. The van der Waals surface area contributed by atoms with Gasteiger partial charge < -0.3 is 15.2 Å². The number of aromatic amines is 1. The number of H-pyrrole nitrogens is 1. The number of hydrogen-bond acceptors (Lipinski definition) is 3. The van der Waals surface area contributed by atoms with E-state index in [0.29, 0.717) is 37.6 Å². The molecule has 1 fully saturated rings. The second kappa shape index (κ2) is 8.72. The van der Waals surface area contributed by atoms with Gasteiger partial charge in [0, 0.05) is 49.3 Å². The maximum atomic E-state index is 12.8. The normalized spacial score (nSPS) is 15.4. The van der Waals surface area contributed by atoms with Gasteiger partial charge >= 0.3 is 6.03 Å². The molecule has 0 bridgehead atoms. The van der Waals surface area contributed by atoms with Crippen LogP contribution in [0.2, 0.25) is 0 Å². The molecular weight excluding hydrogens is 412 g/mol. The Kier molecular flexibility index (Phi) is 6.02. The SMILES string of the molecule is Cc1ccc(S(=O)(=O)N2CCN(C(=O)NCCc3c(C)[nH]c4ccccc34)CC2)cc1. The Bertz CT molecular complexity index is 1180. The van der Waals surface area contributed by atoms with Crippen molar-refractivity contribution in [2.45, 2.75) is 25.2 Å². The van der Waals surface area contributed by atoms with Gasteiger partial charge in [-0.2, -0.15) is 4.31 Å². The third kappa shape index (κ3) is 4.45. The first-order valence-electron chi connectivity index (χ1n) is 10.5. The molecule has 2 amide bonds. The second-order valence-electron chi connectivity index (χ2n) is 7.96. The van der Waals surface area contributed by atoms with E-state index >= 15 is 0 Å². The van der Waals surface area contributed by atoms with Crippen molar-refractivity contribution in [1.29, 1.82) is 0 Å². The zero-order valence-corrected chi connectivity index (χ0v) is 18.7. The highest BCUT2D eigenvalue weighted by atomic mass is 32.2. The zero-order valence-electron chi connectivity index (χ0n) is 17.9. The first-order valence-corrected chi connectivity index (χ1v) is 12.0. The number of carbonyl (C=O) groups excluding carboxylic acids is 1. The molecule has 0 aliphatic carbocycles. The van der Waals surface area contributed by atoms with Gasteiger partial charge in [0.1, 0.15) is 0 Å². The lowest BCUT2D eigenvalue weighted by molar-refractivity contribution is 0.172.